The Bertz CT molecular complexity index is 509. The summed E-state index contributed by atoms with van der Waals surface area (Å²) in [5, 5.41) is 2.74. The average Bonchev–Trinajstić information content (AvgIpc) is 2.71. The van der Waals surface area contributed by atoms with Crippen molar-refractivity contribution in [3.8, 4) is 0 Å². The molecule has 16 heavy (non-hydrogen) atoms. The Morgan fingerprint density at radius 1 is 0.875 bits per heavy atom. The Morgan fingerprint density at radius 3 is 2.38 bits per heavy atom. The highest BCUT2D eigenvalue weighted by atomic mass is 31.2. The van der Waals surface area contributed by atoms with Gasteiger partial charge in [0.1, 0.15) is 0 Å². The van der Waals surface area contributed by atoms with Crippen LogP contribution < -0.4 is 10.6 Å². The first-order valence-electron chi connectivity index (χ1n) is 5.61. The smallest absolute Gasteiger partial charge is 0.0500 e. The zero-order valence-electron chi connectivity index (χ0n) is 9.13. The molecule has 0 saturated carbocycles. The number of fused-ring (bicyclic) bond motifs is 1. The molecule has 0 fully saturated rings. The SMILES string of the molecule is [B-][P+]1(c2ccccc2)CCc2ccccc21. The summed E-state index contributed by atoms with van der Waals surface area (Å²) < 4.78 is 0. The molecule has 2 aromatic carbocycles. The molecule has 3 radical (unpaired) electrons. The summed E-state index contributed by atoms with van der Waals surface area (Å²) >= 11 is 0. The molecular formula is C14H13BP. The molecule has 2 aromatic rings. The molecule has 0 aliphatic carbocycles. The van der Waals surface area contributed by atoms with Crippen LogP contribution in [0.2, 0.25) is 0 Å². The van der Waals surface area contributed by atoms with Gasteiger partial charge in [0, 0.05) is 23.2 Å². The maximum atomic E-state index is 6.70. The van der Waals surface area contributed by atoms with E-state index in [4.69, 9.17) is 7.57 Å². The van der Waals surface area contributed by atoms with E-state index in [0.29, 0.717) is 0 Å². The molecular weight excluding hydrogens is 210 g/mol. The Balaban J connectivity index is 2.15. The molecule has 3 rings (SSSR count). The van der Waals surface area contributed by atoms with Crippen LogP contribution in [0.3, 0.4) is 0 Å². The van der Waals surface area contributed by atoms with Gasteiger partial charge in [0.25, 0.3) is 0 Å². The van der Waals surface area contributed by atoms with Crippen molar-refractivity contribution in [2.24, 2.45) is 0 Å². The maximum absolute atomic E-state index is 6.70. The number of hydrogen-bond donors (Lipinski definition) is 0. The molecule has 0 N–H and O–H groups in total. The molecule has 0 spiro atoms. The Morgan fingerprint density at radius 2 is 1.56 bits per heavy atom. The van der Waals surface area contributed by atoms with Crippen LogP contribution >= 0.6 is 7.14 Å². The van der Waals surface area contributed by atoms with Crippen molar-refractivity contribution in [2.75, 3.05) is 6.16 Å². The lowest BCUT2D eigenvalue weighted by Crippen LogP contribution is -2.21. The Kier molecular flexibility index (Phi) is 2.37. The molecule has 0 aromatic heterocycles. The average molecular weight is 223 g/mol. The molecule has 1 unspecified atom stereocenters. The zero-order chi connectivity index (χ0) is 11.0. The van der Waals surface area contributed by atoms with Gasteiger partial charge in [-0.25, -0.2) is 0 Å². The summed E-state index contributed by atoms with van der Waals surface area (Å²) in [5.41, 5.74) is 1.45. The first kappa shape index (κ1) is 10.1. The van der Waals surface area contributed by atoms with E-state index >= 15 is 0 Å². The highest BCUT2D eigenvalue weighted by Crippen LogP contribution is 2.56. The molecule has 1 aliphatic heterocycles. The van der Waals surface area contributed by atoms with Crippen LogP contribution in [0.1, 0.15) is 5.56 Å². The second-order valence-corrected chi connectivity index (χ2v) is 7.49. The van der Waals surface area contributed by atoms with E-state index in [1.165, 1.54) is 16.2 Å². The number of rotatable bonds is 1. The molecule has 0 bridgehead atoms. The normalized spacial score (nSPS) is 23.1. The summed E-state index contributed by atoms with van der Waals surface area (Å²) in [6.45, 7) is 0. The topological polar surface area (TPSA) is 0 Å². The molecule has 0 saturated heterocycles. The lowest BCUT2D eigenvalue weighted by Gasteiger charge is -2.32. The van der Waals surface area contributed by atoms with Gasteiger partial charge in [-0.15, -0.1) is 0 Å². The molecule has 1 heterocycles. The number of aryl methyl sites for hydroxylation is 1. The predicted molar refractivity (Wildman–Crippen MR) is 73.4 cm³/mol. The van der Waals surface area contributed by atoms with Crippen molar-refractivity contribution < 1.29 is 0 Å². The van der Waals surface area contributed by atoms with Gasteiger partial charge in [-0.2, -0.15) is 7.14 Å². The van der Waals surface area contributed by atoms with E-state index in [9.17, 15) is 0 Å². The molecule has 1 atom stereocenters. The highest BCUT2D eigenvalue weighted by Gasteiger charge is 2.31. The van der Waals surface area contributed by atoms with Crippen LogP contribution in [0, 0.1) is 0 Å². The molecule has 1 aliphatic rings. The van der Waals surface area contributed by atoms with Gasteiger partial charge in [-0.1, -0.05) is 36.4 Å². The molecule has 77 valence electrons. The predicted octanol–water partition coefficient (Wildman–Crippen LogP) is 2.29. The first-order chi connectivity index (χ1) is 7.81. The van der Waals surface area contributed by atoms with E-state index in [1.54, 1.807) is 0 Å². The fourth-order valence-corrected chi connectivity index (χ4v) is 5.62. The highest BCUT2D eigenvalue weighted by molar-refractivity contribution is 8.08. The van der Waals surface area contributed by atoms with Gasteiger partial charge in [0.05, 0.1) is 0 Å². The summed E-state index contributed by atoms with van der Waals surface area (Å²) in [7, 11) is 5.14. The number of hydrogen-bond acceptors (Lipinski definition) is 0. The van der Waals surface area contributed by atoms with Gasteiger partial charge in [0.2, 0.25) is 0 Å². The fourth-order valence-electron chi connectivity index (χ4n) is 2.49. The largest absolute Gasteiger partial charge is 0.292 e. The van der Waals surface area contributed by atoms with Crippen molar-refractivity contribution >= 4 is 25.3 Å². The van der Waals surface area contributed by atoms with Crippen molar-refractivity contribution in [1.29, 1.82) is 0 Å². The summed E-state index contributed by atoms with van der Waals surface area (Å²) in [4.78, 5) is 0. The Labute approximate surface area is 98.4 Å². The summed E-state index contributed by atoms with van der Waals surface area (Å²) in [6.07, 6.45) is 2.26. The van der Waals surface area contributed by atoms with Crippen molar-refractivity contribution in [3.63, 3.8) is 0 Å². The first-order valence-corrected chi connectivity index (χ1v) is 7.66. The monoisotopic (exact) mass is 223 g/mol. The van der Waals surface area contributed by atoms with Crippen LogP contribution in [0.5, 0.6) is 0 Å². The van der Waals surface area contributed by atoms with E-state index in [-0.39, 0.29) is 0 Å². The fraction of sp³-hybridized carbons (Fsp3) is 0.143. The maximum Gasteiger partial charge on any atom is 0.0500 e. The molecule has 0 amide bonds. The van der Waals surface area contributed by atoms with Crippen LogP contribution in [0.4, 0.5) is 0 Å². The van der Waals surface area contributed by atoms with Gasteiger partial charge in [0.15, 0.2) is 0 Å². The third kappa shape index (κ3) is 1.43. The standard InChI is InChI=1S/C14H13BP/c15-16(13-7-2-1-3-8-13)11-10-12-6-4-5-9-14(12)16/h1-9H,10-11H2. The molecule has 0 nitrogen and oxygen atoms in total. The Hall–Kier alpha value is -1.07. The van der Waals surface area contributed by atoms with E-state index in [1.807, 2.05) is 0 Å². The van der Waals surface area contributed by atoms with Crippen LogP contribution in [-0.4, -0.2) is 13.7 Å². The minimum absolute atomic E-state index is 1.12. The van der Waals surface area contributed by atoms with Crippen molar-refractivity contribution in [3.05, 3.63) is 60.2 Å². The molecule has 2 heteroatoms. The second kappa shape index (κ2) is 3.75. The van der Waals surface area contributed by atoms with E-state index in [2.05, 4.69) is 54.6 Å². The van der Waals surface area contributed by atoms with Gasteiger partial charge < -0.3 is 0 Å². The van der Waals surface area contributed by atoms with E-state index < -0.39 is 7.14 Å². The number of benzene rings is 2. The van der Waals surface area contributed by atoms with Gasteiger partial charge >= 0.3 is 0 Å². The third-order valence-electron chi connectivity index (χ3n) is 3.37. The van der Waals surface area contributed by atoms with Gasteiger partial charge in [-0.05, 0) is 23.8 Å². The zero-order valence-corrected chi connectivity index (χ0v) is 10.0. The quantitative estimate of drug-likeness (QED) is 0.514. The van der Waals surface area contributed by atoms with Crippen LogP contribution in [-0.2, 0) is 6.42 Å². The summed E-state index contributed by atoms with van der Waals surface area (Å²) in [5.74, 6) is 0. The van der Waals surface area contributed by atoms with Crippen molar-refractivity contribution in [2.45, 2.75) is 6.42 Å². The van der Waals surface area contributed by atoms with Crippen LogP contribution in [0.25, 0.3) is 0 Å². The minimum atomic E-state index is -1.56. The van der Waals surface area contributed by atoms with E-state index in [0.717, 1.165) is 12.6 Å². The van der Waals surface area contributed by atoms with Crippen molar-refractivity contribution in [1.82, 2.24) is 0 Å². The van der Waals surface area contributed by atoms with Crippen LogP contribution in [0.15, 0.2) is 54.6 Å². The lowest BCUT2D eigenvalue weighted by molar-refractivity contribution is 1.19. The third-order valence-corrected chi connectivity index (χ3v) is 6.82. The second-order valence-electron chi connectivity index (χ2n) is 4.31. The minimum Gasteiger partial charge on any atom is -0.292 e. The summed E-state index contributed by atoms with van der Waals surface area (Å²) in [6, 6.07) is 19.2. The van der Waals surface area contributed by atoms with Gasteiger partial charge in [-0.3, -0.25) is 7.57 Å². The lowest BCUT2D eigenvalue weighted by atomic mass is 10.2.